The number of halogens is 1. The largest absolute Gasteiger partial charge is 0.481 e. The van der Waals surface area contributed by atoms with Crippen LogP contribution in [0.3, 0.4) is 0 Å². The number of hydrogen-bond acceptors (Lipinski definition) is 2. The number of carboxylic acids is 1. The Morgan fingerprint density at radius 2 is 2.00 bits per heavy atom. The first-order chi connectivity index (χ1) is 9.31. The maximum Gasteiger partial charge on any atom is 0.305 e. The number of aryl methyl sites for hydroxylation is 1. The van der Waals surface area contributed by atoms with E-state index in [1.165, 1.54) is 0 Å². The molecule has 20 heavy (non-hydrogen) atoms. The molecule has 0 radical (unpaired) electrons. The molecule has 0 spiro atoms. The first kappa shape index (κ1) is 16.7. The number of amides is 1. The van der Waals surface area contributed by atoms with Crippen LogP contribution in [-0.4, -0.2) is 35.0 Å². The third-order valence-electron chi connectivity index (χ3n) is 2.89. The monoisotopic (exact) mass is 341 g/mol. The quantitative estimate of drug-likeness (QED) is 0.863. The summed E-state index contributed by atoms with van der Waals surface area (Å²) >= 11 is 3.41. The SMILES string of the molecule is Cc1ccc(C(=O)N(CCC(=O)O)CC(C)C)cc1Br. The van der Waals surface area contributed by atoms with Crippen LogP contribution in [0.2, 0.25) is 0 Å². The Hall–Kier alpha value is -1.36. The number of aliphatic carboxylic acids is 1. The highest BCUT2D eigenvalue weighted by molar-refractivity contribution is 9.10. The predicted octanol–water partition coefficient (Wildman–Crippen LogP) is 3.33. The zero-order valence-corrected chi connectivity index (χ0v) is 13.6. The van der Waals surface area contributed by atoms with Crippen molar-refractivity contribution >= 4 is 27.8 Å². The van der Waals surface area contributed by atoms with Gasteiger partial charge in [0.2, 0.25) is 0 Å². The molecular weight excluding hydrogens is 322 g/mol. The van der Waals surface area contributed by atoms with E-state index in [0.29, 0.717) is 18.0 Å². The summed E-state index contributed by atoms with van der Waals surface area (Å²) in [6.07, 6.45) is -0.0362. The van der Waals surface area contributed by atoms with Crippen molar-refractivity contribution in [3.05, 3.63) is 33.8 Å². The van der Waals surface area contributed by atoms with Gasteiger partial charge in [0, 0.05) is 23.1 Å². The van der Waals surface area contributed by atoms with Crippen molar-refractivity contribution in [2.24, 2.45) is 5.92 Å². The van der Waals surface area contributed by atoms with Crippen molar-refractivity contribution in [3.63, 3.8) is 0 Å². The van der Waals surface area contributed by atoms with Crippen LogP contribution >= 0.6 is 15.9 Å². The summed E-state index contributed by atoms with van der Waals surface area (Å²) in [6.45, 7) is 6.75. The Labute approximate surface area is 127 Å². The highest BCUT2D eigenvalue weighted by atomic mass is 79.9. The summed E-state index contributed by atoms with van der Waals surface area (Å²) in [4.78, 5) is 24.8. The number of carbonyl (C=O) groups excluding carboxylic acids is 1. The molecule has 0 saturated carbocycles. The normalized spacial score (nSPS) is 10.7. The van der Waals surface area contributed by atoms with E-state index in [2.05, 4.69) is 15.9 Å². The maximum atomic E-state index is 12.5. The van der Waals surface area contributed by atoms with E-state index in [0.717, 1.165) is 10.0 Å². The predicted molar refractivity (Wildman–Crippen MR) is 81.9 cm³/mol. The lowest BCUT2D eigenvalue weighted by Crippen LogP contribution is -2.36. The van der Waals surface area contributed by atoms with Gasteiger partial charge in [-0.05, 0) is 30.5 Å². The Balaban J connectivity index is 2.90. The smallest absolute Gasteiger partial charge is 0.305 e. The lowest BCUT2D eigenvalue weighted by Gasteiger charge is -2.24. The molecule has 0 aliphatic rings. The molecule has 110 valence electrons. The van der Waals surface area contributed by atoms with Crippen molar-refractivity contribution in [3.8, 4) is 0 Å². The molecule has 4 nitrogen and oxygen atoms in total. The summed E-state index contributed by atoms with van der Waals surface area (Å²) in [6, 6.07) is 5.43. The summed E-state index contributed by atoms with van der Waals surface area (Å²) in [5.74, 6) is -0.723. The average molecular weight is 342 g/mol. The van der Waals surface area contributed by atoms with Gasteiger partial charge >= 0.3 is 5.97 Å². The summed E-state index contributed by atoms with van der Waals surface area (Å²) in [5, 5.41) is 8.78. The molecule has 0 bridgehead atoms. The lowest BCUT2D eigenvalue weighted by molar-refractivity contribution is -0.137. The zero-order valence-electron chi connectivity index (χ0n) is 12.0. The summed E-state index contributed by atoms with van der Waals surface area (Å²) < 4.78 is 0.881. The zero-order chi connectivity index (χ0) is 15.3. The Morgan fingerprint density at radius 1 is 1.35 bits per heavy atom. The van der Waals surface area contributed by atoms with Crippen LogP contribution in [0.4, 0.5) is 0 Å². The second-order valence-electron chi connectivity index (χ2n) is 5.25. The van der Waals surface area contributed by atoms with Crippen LogP contribution < -0.4 is 0 Å². The van der Waals surface area contributed by atoms with Crippen LogP contribution in [0.25, 0.3) is 0 Å². The minimum Gasteiger partial charge on any atom is -0.481 e. The Kier molecular flexibility index (Phi) is 6.20. The van der Waals surface area contributed by atoms with Crippen LogP contribution in [-0.2, 0) is 4.79 Å². The number of carbonyl (C=O) groups is 2. The first-order valence-corrected chi connectivity index (χ1v) is 7.37. The van der Waals surface area contributed by atoms with Gasteiger partial charge in [-0.2, -0.15) is 0 Å². The van der Waals surface area contributed by atoms with E-state index in [1.54, 1.807) is 17.0 Å². The van der Waals surface area contributed by atoms with Gasteiger partial charge in [0.15, 0.2) is 0 Å². The van der Waals surface area contributed by atoms with E-state index < -0.39 is 5.97 Å². The maximum absolute atomic E-state index is 12.5. The molecule has 0 fully saturated rings. The topological polar surface area (TPSA) is 57.6 Å². The van der Waals surface area contributed by atoms with Gasteiger partial charge in [-0.1, -0.05) is 35.8 Å². The third kappa shape index (κ3) is 4.96. The molecule has 0 saturated heterocycles. The number of nitrogens with zero attached hydrogens (tertiary/aromatic N) is 1. The molecule has 5 heteroatoms. The van der Waals surface area contributed by atoms with E-state index in [1.807, 2.05) is 26.8 Å². The number of rotatable bonds is 6. The first-order valence-electron chi connectivity index (χ1n) is 6.58. The fraction of sp³-hybridized carbons (Fsp3) is 0.467. The molecule has 0 aromatic heterocycles. The third-order valence-corrected chi connectivity index (χ3v) is 3.74. The Morgan fingerprint density at radius 3 is 2.50 bits per heavy atom. The minimum atomic E-state index is -0.892. The second kappa shape index (κ2) is 7.43. The van der Waals surface area contributed by atoms with Gasteiger partial charge in [0.25, 0.3) is 5.91 Å². The van der Waals surface area contributed by atoms with Crippen molar-refractivity contribution < 1.29 is 14.7 Å². The summed E-state index contributed by atoms with van der Waals surface area (Å²) in [7, 11) is 0. The van der Waals surface area contributed by atoms with Crippen LogP contribution in [0.15, 0.2) is 22.7 Å². The summed E-state index contributed by atoms with van der Waals surface area (Å²) in [5.41, 5.74) is 1.64. The number of hydrogen-bond donors (Lipinski definition) is 1. The van der Waals surface area contributed by atoms with Gasteiger partial charge in [-0.25, -0.2) is 0 Å². The molecule has 0 atom stereocenters. The highest BCUT2D eigenvalue weighted by Gasteiger charge is 2.18. The van der Waals surface area contributed by atoms with Crippen LogP contribution in [0, 0.1) is 12.8 Å². The Bertz CT molecular complexity index is 500. The molecular formula is C15H20BrNO3. The fourth-order valence-corrected chi connectivity index (χ4v) is 2.23. The molecule has 1 N–H and O–H groups in total. The van der Waals surface area contributed by atoms with E-state index >= 15 is 0 Å². The molecule has 0 aliphatic carbocycles. The van der Waals surface area contributed by atoms with Crippen molar-refractivity contribution in [2.75, 3.05) is 13.1 Å². The number of carboxylic acid groups (broad SMARTS) is 1. The van der Waals surface area contributed by atoms with Crippen molar-refractivity contribution in [1.29, 1.82) is 0 Å². The highest BCUT2D eigenvalue weighted by Crippen LogP contribution is 2.19. The van der Waals surface area contributed by atoms with Crippen LogP contribution in [0.1, 0.15) is 36.2 Å². The molecule has 0 aliphatic heterocycles. The molecule has 1 amide bonds. The van der Waals surface area contributed by atoms with Gasteiger partial charge in [-0.15, -0.1) is 0 Å². The van der Waals surface area contributed by atoms with Crippen LogP contribution in [0.5, 0.6) is 0 Å². The lowest BCUT2D eigenvalue weighted by atomic mass is 10.1. The van der Waals surface area contributed by atoms with Gasteiger partial charge < -0.3 is 10.0 Å². The second-order valence-corrected chi connectivity index (χ2v) is 6.11. The number of benzene rings is 1. The van der Waals surface area contributed by atoms with E-state index in [4.69, 9.17) is 5.11 Å². The van der Waals surface area contributed by atoms with Gasteiger partial charge in [-0.3, -0.25) is 9.59 Å². The fourth-order valence-electron chi connectivity index (χ4n) is 1.86. The van der Waals surface area contributed by atoms with Gasteiger partial charge in [0.05, 0.1) is 6.42 Å². The van der Waals surface area contributed by atoms with Crippen molar-refractivity contribution in [2.45, 2.75) is 27.2 Å². The molecule has 1 aromatic carbocycles. The molecule has 1 aromatic rings. The van der Waals surface area contributed by atoms with Crippen molar-refractivity contribution in [1.82, 2.24) is 4.90 Å². The molecule has 0 unspecified atom stereocenters. The average Bonchev–Trinajstić information content (AvgIpc) is 2.36. The van der Waals surface area contributed by atoms with E-state index in [9.17, 15) is 9.59 Å². The molecule has 1 rings (SSSR count). The standard InChI is InChI=1S/C15H20BrNO3/c1-10(2)9-17(7-6-14(18)19)15(20)12-5-4-11(3)13(16)8-12/h4-5,8,10H,6-7,9H2,1-3H3,(H,18,19). The molecule has 0 heterocycles. The minimum absolute atomic E-state index is 0.0362. The van der Waals surface area contributed by atoms with E-state index in [-0.39, 0.29) is 18.9 Å². The van der Waals surface area contributed by atoms with Gasteiger partial charge in [0.1, 0.15) is 0 Å².